The van der Waals surface area contributed by atoms with Crippen LogP contribution < -0.4 is 5.32 Å². The van der Waals surface area contributed by atoms with Crippen LogP contribution in [0, 0.1) is 11.6 Å². The molecular formula is C13H17F2NO2. The van der Waals surface area contributed by atoms with Crippen LogP contribution in [0.2, 0.25) is 0 Å². The van der Waals surface area contributed by atoms with E-state index >= 15 is 0 Å². The third-order valence-electron chi connectivity index (χ3n) is 2.84. The number of ether oxygens (including phenoxy) is 2. The zero-order valence-electron chi connectivity index (χ0n) is 10.5. The molecule has 1 aliphatic rings. The molecule has 1 N–H and O–H groups in total. The predicted molar refractivity (Wildman–Crippen MR) is 63.0 cm³/mol. The first-order valence-electron chi connectivity index (χ1n) is 5.91. The molecule has 2 rings (SSSR count). The van der Waals surface area contributed by atoms with E-state index in [1.807, 2.05) is 13.8 Å². The van der Waals surface area contributed by atoms with Crippen molar-refractivity contribution in [1.82, 2.24) is 5.32 Å². The van der Waals surface area contributed by atoms with Crippen molar-refractivity contribution >= 4 is 0 Å². The van der Waals surface area contributed by atoms with Gasteiger partial charge in [-0.15, -0.1) is 0 Å². The van der Waals surface area contributed by atoms with E-state index in [1.165, 1.54) is 6.07 Å². The van der Waals surface area contributed by atoms with Gasteiger partial charge in [0, 0.05) is 6.54 Å². The minimum atomic E-state index is -0.829. The molecule has 0 aliphatic carbocycles. The number of rotatable bonds is 3. The van der Waals surface area contributed by atoms with Gasteiger partial charge in [0.25, 0.3) is 0 Å². The molecule has 1 aliphatic heterocycles. The van der Waals surface area contributed by atoms with E-state index < -0.39 is 17.4 Å². The molecule has 1 aromatic carbocycles. The van der Waals surface area contributed by atoms with E-state index in [-0.39, 0.29) is 6.04 Å². The normalized spacial score (nSPS) is 20.0. The average molecular weight is 257 g/mol. The van der Waals surface area contributed by atoms with Gasteiger partial charge in [-0.05, 0) is 31.5 Å². The molecule has 1 heterocycles. The van der Waals surface area contributed by atoms with E-state index in [9.17, 15) is 8.78 Å². The van der Waals surface area contributed by atoms with E-state index in [1.54, 1.807) is 6.07 Å². The molecule has 1 fully saturated rings. The zero-order chi connectivity index (χ0) is 13.2. The largest absolute Gasteiger partial charge is 0.349 e. The summed E-state index contributed by atoms with van der Waals surface area (Å²) in [6.45, 7) is 5.25. The van der Waals surface area contributed by atoms with Gasteiger partial charge in [-0.3, -0.25) is 0 Å². The van der Waals surface area contributed by atoms with Gasteiger partial charge < -0.3 is 14.8 Å². The van der Waals surface area contributed by atoms with Gasteiger partial charge in [-0.25, -0.2) is 8.78 Å². The molecule has 0 saturated carbocycles. The van der Waals surface area contributed by atoms with Crippen LogP contribution in [0.1, 0.15) is 19.4 Å². The fourth-order valence-corrected chi connectivity index (χ4v) is 1.72. The highest BCUT2D eigenvalue weighted by molar-refractivity contribution is 5.17. The topological polar surface area (TPSA) is 30.5 Å². The fourth-order valence-electron chi connectivity index (χ4n) is 1.72. The molecule has 5 heteroatoms. The smallest absolute Gasteiger partial charge is 0.162 e. The van der Waals surface area contributed by atoms with Crippen molar-refractivity contribution < 1.29 is 18.3 Å². The van der Waals surface area contributed by atoms with E-state index in [4.69, 9.17) is 9.47 Å². The summed E-state index contributed by atoms with van der Waals surface area (Å²) in [5.41, 5.74) is 0.693. The lowest BCUT2D eigenvalue weighted by molar-refractivity contribution is -0.253. The highest BCUT2D eigenvalue weighted by Gasteiger charge is 2.27. The highest BCUT2D eigenvalue weighted by atomic mass is 19.2. The van der Waals surface area contributed by atoms with Crippen LogP contribution >= 0.6 is 0 Å². The first-order valence-corrected chi connectivity index (χ1v) is 5.91. The Morgan fingerprint density at radius 1 is 1.22 bits per heavy atom. The third kappa shape index (κ3) is 3.48. The second-order valence-electron chi connectivity index (χ2n) is 4.85. The van der Waals surface area contributed by atoms with Crippen molar-refractivity contribution in [2.75, 3.05) is 13.2 Å². The van der Waals surface area contributed by atoms with Crippen LogP contribution in [0.15, 0.2) is 18.2 Å². The highest BCUT2D eigenvalue weighted by Crippen LogP contribution is 2.17. The molecule has 0 amide bonds. The van der Waals surface area contributed by atoms with E-state index in [0.29, 0.717) is 25.3 Å². The Morgan fingerprint density at radius 3 is 2.50 bits per heavy atom. The number of hydrogen-bond donors (Lipinski definition) is 1. The number of benzene rings is 1. The maximum absolute atomic E-state index is 13.0. The average Bonchev–Trinajstić information content (AvgIpc) is 2.32. The standard InChI is InChI=1S/C13H17F2NO2/c1-13(2)17-7-10(8-18-13)16-6-9-3-4-11(14)12(15)5-9/h3-5,10,16H,6-8H2,1-2H3. The van der Waals surface area contributed by atoms with Crippen molar-refractivity contribution in [3.05, 3.63) is 35.4 Å². The van der Waals surface area contributed by atoms with Crippen LogP contribution in [0.25, 0.3) is 0 Å². The van der Waals surface area contributed by atoms with Crippen LogP contribution in [-0.4, -0.2) is 25.0 Å². The first-order chi connectivity index (χ1) is 8.46. The van der Waals surface area contributed by atoms with Crippen LogP contribution in [-0.2, 0) is 16.0 Å². The summed E-state index contributed by atoms with van der Waals surface area (Å²) in [6, 6.07) is 3.94. The Kier molecular flexibility index (Phi) is 3.94. The van der Waals surface area contributed by atoms with Crippen molar-refractivity contribution in [3.8, 4) is 0 Å². The Hall–Kier alpha value is -1.04. The summed E-state index contributed by atoms with van der Waals surface area (Å²) in [5.74, 6) is -2.20. The van der Waals surface area contributed by atoms with Crippen molar-refractivity contribution in [1.29, 1.82) is 0 Å². The predicted octanol–water partition coefficient (Wildman–Crippen LogP) is 2.21. The molecule has 18 heavy (non-hydrogen) atoms. The molecule has 0 radical (unpaired) electrons. The van der Waals surface area contributed by atoms with Gasteiger partial charge in [0.05, 0.1) is 19.3 Å². The molecule has 0 bridgehead atoms. The first kappa shape index (κ1) is 13.4. The monoisotopic (exact) mass is 257 g/mol. The molecule has 100 valence electrons. The van der Waals surface area contributed by atoms with Crippen molar-refractivity contribution in [3.63, 3.8) is 0 Å². The second-order valence-corrected chi connectivity index (χ2v) is 4.85. The minimum absolute atomic E-state index is 0.0612. The van der Waals surface area contributed by atoms with Crippen LogP contribution in [0.5, 0.6) is 0 Å². The summed E-state index contributed by atoms with van der Waals surface area (Å²) in [6.07, 6.45) is 0. The molecule has 0 spiro atoms. The number of nitrogens with one attached hydrogen (secondary N) is 1. The lowest BCUT2D eigenvalue weighted by Gasteiger charge is -2.35. The third-order valence-corrected chi connectivity index (χ3v) is 2.84. The summed E-state index contributed by atoms with van der Waals surface area (Å²) in [5, 5.41) is 3.18. The zero-order valence-corrected chi connectivity index (χ0v) is 10.5. The quantitative estimate of drug-likeness (QED) is 0.900. The maximum atomic E-state index is 13.0. The van der Waals surface area contributed by atoms with Gasteiger partial charge in [-0.1, -0.05) is 6.07 Å². The summed E-state index contributed by atoms with van der Waals surface area (Å²) < 4.78 is 36.7. The maximum Gasteiger partial charge on any atom is 0.162 e. The van der Waals surface area contributed by atoms with Gasteiger partial charge in [-0.2, -0.15) is 0 Å². The van der Waals surface area contributed by atoms with Gasteiger partial charge in [0.1, 0.15) is 0 Å². The number of halogens is 2. The molecule has 1 aromatic rings. The molecule has 1 saturated heterocycles. The van der Waals surface area contributed by atoms with Crippen molar-refractivity contribution in [2.45, 2.75) is 32.2 Å². The molecular weight excluding hydrogens is 240 g/mol. The van der Waals surface area contributed by atoms with Gasteiger partial charge in [0.15, 0.2) is 17.4 Å². The van der Waals surface area contributed by atoms with Crippen LogP contribution in [0.3, 0.4) is 0 Å². The lowest BCUT2D eigenvalue weighted by Crippen LogP contribution is -2.48. The summed E-state index contributed by atoms with van der Waals surface area (Å²) in [7, 11) is 0. The molecule has 0 unspecified atom stereocenters. The molecule has 0 aromatic heterocycles. The van der Waals surface area contributed by atoms with Crippen LogP contribution in [0.4, 0.5) is 8.78 Å². The summed E-state index contributed by atoms with van der Waals surface area (Å²) in [4.78, 5) is 0. The Labute approximate surface area is 105 Å². The van der Waals surface area contributed by atoms with Gasteiger partial charge in [0.2, 0.25) is 0 Å². The SMILES string of the molecule is CC1(C)OCC(NCc2ccc(F)c(F)c2)CO1. The van der Waals surface area contributed by atoms with Gasteiger partial charge >= 0.3 is 0 Å². The second kappa shape index (κ2) is 5.30. The van der Waals surface area contributed by atoms with E-state index in [0.717, 1.165) is 6.07 Å². The summed E-state index contributed by atoms with van der Waals surface area (Å²) >= 11 is 0. The Morgan fingerprint density at radius 2 is 1.89 bits per heavy atom. The minimum Gasteiger partial charge on any atom is -0.349 e. The van der Waals surface area contributed by atoms with Crippen molar-refractivity contribution in [2.24, 2.45) is 0 Å². The molecule has 0 atom stereocenters. The lowest BCUT2D eigenvalue weighted by atomic mass is 10.2. The molecule has 3 nitrogen and oxygen atoms in total. The number of hydrogen-bond acceptors (Lipinski definition) is 3. The Bertz CT molecular complexity index is 413. The fraction of sp³-hybridized carbons (Fsp3) is 0.538. The Balaban J connectivity index is 1.83. The van der Waals surface area contributed by atoms with E-state index in [2.05, 4.69) is 5.32 Å².